The summed E-state index contributed by atoms with van der Waals surface area (Å²) in [6, 6.07) is 2.55. The molecule has 2 aliphatic carbocycles. The van der Waals surface area contributed by atoms with Crippen LogP contribution in [-0.2, 0) is 4.79 Å². The lowest BCUT2D eigenvalue weighted by atomic mass is 9.77. The standard InChI is InChI=1S/C18H28ClN3O2/c1-11(2)22-16(5-12(3)20-22)15-7-14-6-13(15)8-18(14,24)10-21(4)17(23)9-19/h5,11,13-15,24H,6-10H2,1-4H3/t13-,14?,15+,18?/m1/s1. The van der Waals surface area contributed by atoms with Gasteiger partial charge in [-0.25, -0.2) is 0 Å². The minimum atomic E-state index is -0.768. The molecule has 0 aliphatic heterocycles. The van der Waals surface area contributed by atoms with Crippen LogP contribution in [0.25, 0.3) is 0 Å². The zero-order valence-corrected chi connectivity index (χ0v) is 15.8. The molecule has 0 saturated heterocycles. The van der Waals surface area contributed by atoms with Crippen LogP contribution in [0.15, 0.2) is 6.07 Å². The monoisotopic (exact) mass is 353 g/mol. The molecule has 0 aromatic carbocycles. The van der Waals surface area contributed by atoms with Gasteiger partial charge in [0.15, 0.2) is 0 Å². The number of amides is 1. The van der Waals surface area contributed by atoms with Crippen molar-refractivity contribution in [3.63, 3.8) is 0 Å². The molecule has 6 heteroatoms. The van der Waals surface area contributed by atoms with Gasteiger partial charge in [-0.05, 0) is 57.9 Å². The van der Waals surface area contributed by atoms with Crippen molar-refractivity contribution in [2.24, 2.45) is 11.8 Å². The summed E-state index contributed by atoms with van der Waals surface area (Å²) in [6.45, 7) is 6.74. The number of fused-ring (bicyclic) bond motifs is 2. The van der Waals surface area contributed by atoms with Crippen LogP contribution in [-0.4, -0.2) is 50.8 Å². The highest BCUT2D eigenvalue weighted by Gasteiger charge is 2.55. The van der Waals surface area contributed by atoms with Crippen LogP contribution in [0.4, 0.5) is 0 Å². The molecular formula is C18H28ClN3O2. The normalized spacial score (nSPS) is 31.9. The van der Waals surface area contributed by atoms with Gasteiger partial charge < -0.3 is 10.0 Å². The average Bonchev–Trinajstić information content (AvgIpc) is 3.17. The van der Waals surface area contributed by atoms with E-state index in [1.165, 1.54) is 5.69 Å². The molecule has 2 saturated carbocycles. The van der Waals surface area contributed by atoms with Gasteiger partial charge in [-0.1, -0.05) is 0 Å². The number of carbonyl (C=O) groups is 1. The topological polar surface area (TPSA) is 58.4 Å². The predicted molar refractivity (Wildman–Crippen MR) is 94.2 cm³/mol. The Morgan fingerprint density at radius 1 is 1.54 bits per heavy atom. The van der Waals surface area contributed by atoms with E-state index in [-0.39, 0.29) is 17.7 Å². The molecular weight excluding hydrogens is 326 g/mol. The number of hydrogen-bond acceptors (Lipinski definition) is 3. The third kappa shape index (κ3) is 2.97. The third-order valence-corrected chi connectivity index (χ3v) is 6.11. The van der Waals surface area contributed by atoms with Gasteiger partial charge in [0.25, 0.3) is 0 Å². The fraction of sp³-hybridized carbons (Fsp3) is 0.778. The van der Waals surface area contributed by atoms with E-state index in [1.54, 1.807) is 11.9 Å². The Morgan fingerprint density at radius 3 is 2.79 bits per heavy atom. The first-order valence-corrected chi connectivity index (χ1v) is 9.37. The highest BCUT2D eigenvalue weighted by Crippen LogP contribution is 2.57. The molecule has 3 rings (SSSR count). The summed E-state index contributed by atoms with van der Waals surface area (Å²) < 4.78 is 2.14. The maximum atomic E-state index is 11.7. The molecule has 2 aliphatic rings. The number of likely N-dealkylation sites (N-methyl/N-ethyl adjacent to an activating group) is 1. The Balaban J connectivity index is 1.74. The van der Waals surface area contributed by atoms with E-state index in [9.17, 15) is 9.90 Å². The van der Waals surface area contributed by atoms with E-state index in [0.29, 0.717) is 24.4 Å². The van der Waals surface area contributed by atoms with E-state index in [4.69, 9.17) is 11.6 Å². The zero-order chi connectivity index (χ0) is 17.6. The minimum Gasteiger partial charge on any atom is -0.388 e. The van der Waals surface area contributed by atoms with Gasteiger partial charge in [-0.15, -0.1) is 11.6 Å². The number of hydrogen-bond donors (Lipinski definition) is 1. The molecule has 1 amide bonds. The number of aryl methyl sites for hydroxylation is 1. The highest BCUT2D eigenvalue weighted by atomic mass is 35.5. The van der Waals surface area contributed by atoms with Crippen LogP contribution in [0.1, 0.15) is 56.5 Å². The van der Waals surface area contributed by atoms with Gasteiger partial charge in [-0.3, -0.25) is 9.48 Å². The largest absolute Gasteiger partial charge is 0.388 e. The molecule has 2 bridgehead atoms. The summed E-state index contributed by atoms with van der Waals surface area (Å²) in [5, 5.41) is 15.7. The molecule has 4 atom stereocenters. The van der Waals surface area contributed by atoms with Gasteiger partial charge >= 0.3 is 0 Å². The van der Waals surface area contributed by atoms with Gasteiger partial charge in [0.1, 0.15) is 5.88 Å². The number of aliphatic hydroxyl groups is 1. The first kappa shape index (κ1) is 17.7. The number of rotatable bonds is 5. The quantitative estimate of drug-likeness (QED) is 0.828. The minimum absolute atomic E-state index is 0.0316. The molecule has 5 nitrogen and oxygen atoms in total. The van der Waals surface area contributed by atoms with Crippen LogP contribution in [0.2, 0.25) is 0 Å². The van der Waals surface area contributed by atoms with Crippen molar-refractivity contribution in [2.75, 3.05) is 19.5 Å². The number of halogens is 1. The Bertz CT molecular complexity index is 630. The van der Waals surface area contributed by atoms with Gasteiger partial charge in [0, 0.05) is 31.2 Å². The summed E-state index contributed by atoms with van der Waals surface area (Å²) in [5.74, 6) is 1.02. The molecule has 1 aromatic heterocycles. The van der Waals surface area contributed by atoms with Crippen LogP contribution in [0, 0.1) is 18.8 Å². The lowest BCUT2D eigenvalue weighted by molar-refractivity contribution is -0.132. The van der Waals surface area contributed by atoms with Crippen molar-refractivity contribution < 1.29 is 9.90 Å². The zero-order valence-electron chi connectivity index (χ0n) is 15.0. The molecule has 1 heterocycles. The molecule has 0 radical (unpaired) electrons. The van der Waals surface area contributed by atoms with E-state index in [2.05, 4.69) is 29.7 Å². The number of carbonyl (C=O) groups excluding carboxylic acids is 1. The van der Waals surface area contributed by atoms with Gasteiger partial charge in [0.05, 0.1) is 11.3 Å². The summed E-state index contributed by atoms with van der Waals surface area (Å²) in [6.07, 6.45) is 2.76. The van der Waals surface area contributed by atoms with Crippen LogP contribution in [0.3, 0.4) is 0 Å². The van der Waals surface area contributed by atoms with E-state index in [0.717, 1.165) is 25.0 Å². The number of alkyl halides is 1. The third-order valence-electron chi connectivity index (χ3n) is 5.88. The summed E-state index contributed by atoms with van der Waals surface area (Å²) >= 11 is 5.63. The first-order valence-electron chi connectivity index (χ1n) is 8.83. The lowest BCUT2D eigenvalue weighted by Gasteiger charge is -2.38. The molecule has 134 valence electrons. The Morgan fingerprint density at radius 2 is 2.25 bits per heavy atom. The Kier molecular flexibility index (Phi) is 4.69. The number of aromatic nitrogens is 2. The van der Waals surface area contributed by atoms with Crippen molar-refractivity contribution >= 4 is 17.5 Å². The second-order valence-corrected chi connectivity index (χ2v) is 8.24. The van der Waals surface area contributed by atoms with Crippen molar-refractivity contribution in [1.29, 1.82) is 0 Å². The second-order valence-electron chi connectivity index (χ2n) is 7.97. The molecule has 1 aromatic rings. The molecule has 2 unspecified atom stereocenters. The smallest absolute Gasteiger partial charge is 0.237 e. The average molecular weight is 354 g/mol. The summed E-state index contributed by atoms with van der Waals surface area (Å²) in [7, 11) is 1.73. The fourth-order valence-electron chi connectivity index (χ4n) is 4.79. The van der Waals surface area contributed by atoms with Crippen molar-refractivity contribution in [3.8, 4) is 0 Å². The maximum absolute atomic E-state index is 11.7. The predicted octanol–water partition coefficient (Wildman–Crippen LogP) is 2.71. The lowest BCUT2D eigenvalue weighted by Crippen LogP contribution is -2.48. The molecule has 1 N–H and O–H groups in total. The Labute approximate surface area is 149 Å². The highest BCUT2D eigenvalue weighted by molar-refractivity contribution is 6.27. The van der Waals surface area contributed by atoms with Crippen molar-refractivity contribution in [3.05, 3.63) is 17.5 Å². The van der Waals surface area contributed by atoms with E-state index in [1.807, 2.05) is 6.92 Å². The summed E-state index contributed by atoms with van der Waals surface area (Å²) in [5.41, 5.74) is 1.60. The Hall–Kier alpha value is -1.07. The maximum Gasteiger partial charge on any atom is 0.237 e. The van der Waals surface area contributed by atoms with Crippen LogP contribution in [0.5, 0.6) is 0 Å². The fourth-order valence-corrected chi connectivity index (χ4v) is 5.00. The van der Waals surface area contributed by atoms with Gasteiger partial charge in [-0.2, -0.15) is 5.10 Å². The van der Waals surface area contributed by atoms with Crippen molar-refractivity contribution in [2.45, 2.75) is 57.6 Å². The summed E-state index contributed by atoms with van der Waals surface area (Å²) in [4.78, 5) is 13.3. The first-order chi connectivity index (χ1) is 11.2. The molecule has 2 fully saturated rings. The van der Waals surface area contributed by atoms with E-state index < -0.39 is 5.60 Å². The number of nitrogens with zero attached hydrogens (tertiary/aromatic N) is 3. The van der Waals surface area contributed by atoms with Crippen molar-refractivity contribution in [1.82, 2.24) is 14.7 Å². The molecule has 0 spiro atoms. The second kappa shape index (κ2) is 6.34. The SMILES string of the molecule is Cc1cc([C@H]2CC3C[C@@H]2CC3(O)CN(C)C(=O)CCl)n(C(C)C)n1. The van der Waals surface area contributed by atoms with E-state index >= 15 is 0 Å². The molecule has 24 heavy (non-hydrogen) atoms. The van der Waals surface area contributed by atoms with Crippen LogP contribution >= 0.6 is 11.6 Å². The van der Waals surface area contributed by atoms with Crippen LogP contribution < -0.4 is 0 Å². The van der Waals surface area contributed by atoms with Gasteiger partial charge in [0.2, 0.25) is 5.91 Å².